The average molecular weight is 428 g/mol. The molecule has 1 aromatic rings. The van der Waals surface area contributed by atoms with Crippen LogP contribution in [0.1, 0.15) is 13.8 Å². The minimum atomic E-state index is -1.05. The number of imide groups is 2. The molecule has 0 spiro atoms. The molecule has 0 saturated carbocycles. The lowest BCUT2D eigenvalue weighted by Gasteiger charge is -2.09. The molecule has 0 unspecified atom stereocenters. The second-order valence-corrected chi connectivity index (χ2v) is 5.48. The Balaban J connectivity index is 2.97. The van der Waals surface area contributed by atoms with E-state index in [4.69, 9.17) is 0 Å². The molecule has 0 bridgehead atoms. The number of hydrogen-bond acceptors (Lipinski definition) is 7. The summed E-state index contributed by atoms with van der Waals surface area (Å²) in [6.07, 6.45) is -0.977. The number of alkyl carbamates (subject to hydrolysis) is 2. The highest BCUT2D eigenvalue weighted by Gasteiger charge is 2.23. The van der Waals surface area contributed by atoms with Crippen molar-refractivity contribution in [3.05, 3.63) is 40.5 Å². The van der Waals surface area contributed by atoms with E-state index in [2.05, 4.69) is 30.7 Å². The van der Waals surface area contributed by atoms with E-state index in [-0.39, 0.29) is 13.2 Å². The summed E-state index contributed by atoms with van der Waals surface area (Å²) < 4.78 is 9.95. The molecule has 9 nitrogen and oxygen atoms in total. The van der Waals surface area contributed by atoms with Crippen molar-refractivity contribution in [1.29, 1.82) is 0 Å². The Morgan fingerprint density at radius 3 is 2.00 bits per heavy atom. The summed E-state index contributed by atoms with van der Waals surface area (Å²) in [4.78, 5) is 47.1. The van der Waals surface area contributed by atoms with E-state index in [1.807, 2.05) is 10.6 Å². The van der Waals surface area contributed by atoms with Gasteiger partial charge in [-0.25, -0.2) is 9.59 Å². The minimum absolute atomic E-state index is 0.0451. The third-order valence-corrected chi connectivity index (χ3v) is 3.17. The van der Waals surface area contributed by atoms with Gasteiger partial charge in [-0.1, -0.05) is 22.0 Å². The SMILES string of the molecule is CCOC(=O)NC(=O)C(=CNc1cccc(Br)c1)C(=O)NC(=O)OCC. The first-order valence-electron chi connectivity index (χ1n) is 7.55. The van der Waals surface area contributed by atoms with Gasteiger partial charge in [0.1, 0.15) is 5.57 Å². The molecular formula is C16H18BrN3O6. The largest absolute Gasteiger partial charge is 0.450 e. The predicted molar refractivity (Wildman–Crippen MR) is 96.2 cm³/mol. The molecule has 0 radical (unpaired) electrons. The van der Waals surface area contributed by atoms with Crippen molar-refractivity contribution in [2.24, 2.45) is 0 Å². The van der Waals surface area contributed by atoms with Crippen molar-refractivity contribution in [2.45, 2.75) is 13.8 Å². The quantitative estimate of drug-likeness (QED) is 0.361. The lowest BCUT2D eigenvalue weighted by Crippen LogP contribution is -2.40. The lowest BCUT2D eigenvalue weighted by molar-refractivity contribution is -0.122. The van der Waals surface area contributed by atoms with Gasteiger partial charge in [0.15, 0.2) is 0 Å². The van der Waals surface area contributed by atoms with Crippen LogP contribution in [0.15, 0.2) is 40.5 Å². The summed E-state index contributed by atoms with van der Waals surface area (Å²) in [6, 6.07) is 6.90. The van der Waals surface area contributed by atoms with E-state index >= 15 is 0 Å². The topological polar surface area (TPSA) is 123 Å². The number of hydrogen-bond donors (Lipinski definition) is 3. The summed E-state index contributed by atoms with van der Waals surface area (Å²) >= 11 is 3.29. The van der Waals surface area contributed by atoms with Crippen LogP contribution >= 0.6 is 15.9 Å². The lowest BCUT2D eigenvalue weighted by atomic mass is 10.2. The van der Waals surface area contributed by atoms with Crippen LogP contribution in [-0.4, -0.2) is 37.2 Å². The van der Waals surface area contributed by atoms with Gasteiger partial charge in [0.25, 0.3) is 11.8 Å². The summed E-state index contributed by atoms with van der Waals surface area (Å²) in [5, 5.41) is 6.51. The fourth-order valence-electron chi connectivity index (χ4n) is 1.62. The predicted octanol–water partition coefficient (Wildman–Crippen LogP) is 2.29. The fourth-order valence-corrected chi connectivity index (χ4v) is 2.02. The third-order valence-electron chi connectivity index (χ3n) is 2.68. The minimum Gasteiger partial charge on any atom is -0.450 e. The zero-order valence-corrected chi connectivity index (χ0v) is 15.7. The summed E-state index contributed by atoms with van der Waals surface area (Å²) in [5.74, 6) is -2.10. The number of amides is 4. The molecule has 0 aliphatic heterocycles. The smallest absolute Gasteiger partial charge is 0.414 e. The Morgan fingerprint density at radius 2 is 1.54 bits per heavy atom. The molecule has 0 heterocycles. The van der Waals surface area contributed by atoms with Crippen LogP contribution in [0.2, 0.25) is 0 Å². The number of carbonyl (C=O) groups excluding carboxylic acids is 4. The van der Waals surface area contributed by atoms with Gasteiger partial charge in [-0.2, -0.15) is 0 Å². The van der Waals surface area contributed by atoms with Crippen LogP contribution in [0.25, 0.3) is 0 Å². The molecule has 0 fully saturated rings. The van der Waals surface area contributed by atoms with E-state index in [9.17, 15) is 19.2 Å². The number of rotatable bonds is 6. The van der Waals surface area contributed by atoms with E-state index in [1.54, 1.807) is 38.1 Å². The maximum atomic E-state index is 12.2. The van der Waals surface area contributed by atoms with E-state index in [1.165, 1.54) is 0 Å². The fraction of sp³-hybridized carbons (Fsp3) is 0.250. The third kappa shape index (κ3) is 7.34. The van der Waals surface area contributed by atoms with Crippen LogP contribution in [0, 0.1) is 0 Å². The molecule has 1 aromatic carbocycles. The molecule has 0 aliphatic carbocycles. The maximum absolute atomic E-state index is 12.2. The highest BCUT2D eigenvalue weighted by molar-refractivity contribution is 9.10. The number of ether oxygens (including phenoxy) is 2. The molecule has 0 aromatic heterocycles. The van der Waals surface area contributed by atoms with Gasteiger partial charge in [-0.3, -0.25) is 20.2 Å². The summed E-state index contributed by atoms with van der Waals surface area (Å²) in [5.41, 5.74) is 0.0378. The van der Waals surface area contributed by atoms with Crippen molar-refractivity contribution >= 4 is 45.6 Å². The van der Waals surface area contributed by atoms with Crippen LogP contribution in [0.3, 0.4) is 0 Å². The number of anilines is 1. The van der Waals surface area contributed by atoms with Crippen molar-refractivity contribution in [3.63, 3.8) is 0 Å². The van der Waals surface area contributed by atoms with E-state index in [0.717, 1.165) is 10.7 Å². The highest BCUT2D eigenvalue weighted by atomic mass is 79.9. The number of carbonyl (C=O) groups is 4. The van der Waals surface area contributed by atoms with Gasteiger partial charge in [-0.05, 0) is 32.0 Å². The Morgan fingerprint density at radius 1 is 1.00 bits per heavy atom. The van der Waals surface area contributed by atoms with Gasteiger partial charge >= 0.3 is 12.2 Å². The second-order valence-electron chi connectivity index (χ2n) is 4.56. The second kappa shape index (κ2) is 10.9. The number of halogens is 1. The molecule has 26 heavy (non-hydrogen) atoms. The molecule has 3 N–H and O–H groups in total. The zero-order valence-electron chi connectivity index (χ0n) is 14.1. The molecule has 0 saturated heterocycles. The molecule has 10 heteroatoms. The van der Waals surface area contributed by atoms with Gasteiger partial charge in [-0.15, -0.1) is 0 Å². The van der Waals surface area contributed by atoms with Gasteiger partial charge < -0.3 is 14.8 Å². The Kier molecular flexibility index (Phi) is 8.85. The van der Waals surface area contributed by atoms with Crippen LogP contribution in [-0.2, 0) is 19.1 Å². The van der Waals surface area contributed by atoms with Gasteiger partial charge in [0.2, 0.25) is 0 Å². The van der Waals surface area contributed by atoms with E-state index < -0.39 is 29.6 Å². The van der Waals surface area contributed by atoms with Crippen molar-refractivity contribution < 1.29 is 28.7 Å². The summed E-state index contributed by atoms with van der Waals surface area (Å²) in [7, 11) is 0. The molecule has 140 valence electrons. The highest BCUT2D eigenvalue weighted by Crippen LogP contribution is 2.16. The van der Waals surface area contributed by atoms with Crippen molar-refractivity contribution in [1.82, 2.24) is 10.6 Å². The normalized spacial score (nSPS) is 9.50. The average Bonchev–Trinajstić information content (AvgIpc) is 2.55. The number of benzene rings is 1. The van der Waals surface area contributed by atoms with Crippen molar-refractivity contribution in [2.75, 3.05) is 18.5 Å². The monoisotopic (exact) mass is 427 g/mol. The van der Waals surface area contributed by atoms with E-state index in [0.29, 0.717) is 5.69 Å². The van der Waals surface area contributed by atoms with Gasteiger partial charge in [0, 0.05) is 16.4 Å². The molecule has 4 amide bonds. The Bertz CT molecular complexity index is 686. The maximum Gasteiger partial charge on any atom is 0.414 e. The molecule has 1 rings (SSSR count). The van der Waals surface area contributed by atoms with Crippen LogP contribution in [0.4, 0.5) is 15.3 Å². The van der Waals surface area contributed by atoms with Crippen molar-refractivity contribution in [3.8, 4) is 0 Å². The van der Waals surface area contributed by atoms with Crippen LogP contribution in [0.5, 0.6) is 0 Å². The summed E-state index contributed by atoms with van der Waals surface area (Å²) in [6.45, 7) is 3.21. The van der Waals surface area contributed by atoms with Gasteiger partial charge in [0.05, 0.1) is 13.2 Å². The molecular weight excluding hydrogens is 410 g/mol. The first-order chi connectivity index (χ1) is 12.4. The standard InChI is InChI=1S/C16H18BrN3O6/c1-3-25-15(23)19-13(21)12(14(22)20-16(24)26-4-2)9-18-11-7-5-6-10(17)8-11/h5-9,18H,3-4H2,1-2H3,(H,19,21,23)(H,20,22,24). The first-order valence-corrected chi connectivity index (χ1v) is 8.35. The Hall–Kier alpha value is -2.88. The van der Waals surface area contributed by atoms with Crippen LogP contribution < -0.4 is 16.0 Å². The molecule has 0 aliphatic rings. The number of nitrogens with one attached hydrogen (secondary N) is 3. The molecule has 0 atom stereocenters. The zero-order chi connectivity index (χ0) is 19.5. The first kappa shape index (κ1) is 21.2. The Labute approximate surface area is 158 Å².